The van der Waals surface area contributed by atoms with Crippen LogP contribution in [0, 0.1) is 12.8 Å². The molecule has 0 aliphatic carbocycles. The average molecular weight is 252 g/mol. The highest BCUT2D eigenvalue weighted by atomic mass is 16.3. The lowest BCUT2D eigenvalue weighted by Gasteiger charge is -2.21. The van der Waals surface area contributed by atoms with E-state index in [0.717, 1.165) is 31.6 Å². The molecule has 2 rings (SSSR count). The molecular formula is C12H20N4O2. The van der Waals surface area contributed by atoms with Gasteiger partial charge in [-0.2, -0.15) is 5.10 Å². The lowest BCUT2D eigenvalue weighted by Crippen LogP contribution is -2.35. The predicted molar refractivity (Wildman–Crippen MR) is 68.3 cm³/mol. The quantitative estimate of drug-likeness (QED) is 0.711. The molecule has 1 aliphatic heterocycles. The molecule has 1 aromatic heterocycles. The van der Waals surface area contributed by atoms with Crippen LogP contribution in [0.3, 0.4) is 0 Å². The summed E-state index contributed by atoms with van der Waals surface area (Å²) in [5, 5.41) is 19.3. The molecule has 6 heteroatoms. The summed E-state index contributed by atoms with van der Waals surface area (Å²) < 4.78 is 1.63. The van der Waals surface area contributed by atoms with Crippen molar-refractivity contribution in [2.24, 2.45) is 5.92 Å². The van der Waals surface area contributed by atoms with Crippen molar-refractivity contribution in [2.45, 2.75) is 26.3 Å². The molecule has 1 fully saturated rings. The fraction of sp³-hybridized carbons (Fsp3) is 0.667. The molecule has 1 aromatic rings. The number of aromatic nitrogens is 2. The zero-order valence-corrected chi connectivity index (χ0v) is 10.6. The van der Waals surface area contributed by atoms with E-state index in [1.165, 1.54) is 0 Å². The van der Waals surface area contributed by atoms with Crippen molar-refractivity contribution in [2.75, 3.05) is 25.0 Å². The van der Waals surface area contributed by atoms with Crippen molar-refractivity contribution in [1.29, 1.82) is 0 Å². The minimum Gasteiger partial charge on any atom is -0.394 e. The maximum Gasteiger partial charge on any atom is 0.228 e. The van der Waals surface area contributed by atoms with Gasteiger partial charge in [-0.25, -0.2) is 4.68 Å². The minimum atomic E-state index is 0.0112. The number of rotatable bonds is 4. The normalized spacial score (nSPS) is 16.8. The second-order valence-electron chi connectivity index (χ2n) is 4.63. The first-order valence-corrected chi connectivity index (χ1v) is 6.37. The van der Waals surface area contributed by atoms with Crippen molar-refractivity contribution < 1.29 is 9.90 Å². The van der Waals surface area contributed by atoms with E-state index in [2.05, 4.69) is 15.7 Å². The Morgan fingerprint density at radius 3 is 3.00 bits per heavy atom. The van der Waals surface area contributed by atoms with E-state index >= 15 is 0 Å². The van der Waals surface area contributed by atoms with E-state index in [0.29, 0.717) is 12.4 Å². The Balaban J connectivity index is 2.01. The molecule has 0 spiro atoms. The lowest BCUT2D eigenvalue weighted by atomic mass is 9.97. The maximum atomic E-state index is 12.1. The average Bonchev–Trinajstić information content (AvgIpc) is 2.71. The SMILES string of the molecule is Cc1cc(NC(=O)C2CCNCC2)n(CCO)n1. The highest BCUT2D eigenvalue weighted by Crippen LogP contribution is 2.16. The van der Waals surface area contributed by atoms with E-state index in [4.69, 9.17) is 5.11 Å². The first-order chi connectivity index (χ1) is 8.70. The number of amides is 1. The molecule has 0 aromatic carbocycles. The number of nitrogens with zero attached hydrogens (tertiary/aromatic N) is 2. The van der Waals surface area contributed by atoms with Crippen molar-refractivity contribution in [3.63, 3.8) is 0 Å². The van der Waals surface area contributed by atoms with Crippen LogP contribution in [0.15, 0.2) is 6.07 Å². The summed E-state index contributed by atoms with van der Waals surface area (Å²) in [7, 11) is 0. The number of piperidine rings is 1. The van der Waals surface area contributed by atoms with Crippen LogP contribution in [0.25, 0.3) is 0 Å². The third kappa shape index (κ3) is 3.08. The lowest BCUT2D eigenvalue weighted by molar-refractivity contribution is -0.120. The number of hydrogen-bond donors (Lipinski definition) is 3. The molecule has 3 N–H and O–H groups in total. The van der Waals surface area contributed by atoms with E-state index in [1.807, 2.05) is 13.0 Å². The van der Waals surface area contributed by atoms with Gasteiger partial charge in [0.25, 0.3) is 0 Å². The molecule has 0 unspecified atom stereocenters. The Hall–Kier alpha value is -1.40. The van der Waals surface area contributed by atoms with Crippen LogP contribution in [-0.4, -0.2) is 40.5 Å². The van der Waals surface area contributed by atoms with E-state index in [-0.39, 0.29) is 18.4 Å². The van der Waals surface area contributed by atoms with Crippen LogP contribution in [0.2, 0.25) is 0 Å². The smallest absolute Gasteiger partial charge is 0.228 e. The Bertz CT molecular complexity index is 410. The zero-order chi connectivity index (χ0) is 13.0. The predicted octanol–water partition coefficient (Wildman–Crippen LogP) is 0.122. The summed E-state index contributed by atoms with van der Waals surface area (Å²) in [6, 6.07) is 1.83. The van der Waals surface area contributed by atoms with Crippen LogP contribution < -0.4 is 10.6 Å². The highest BCUT2D eigenvalue weighted by Gasteiger charge is 2.21. The van der Waals surface area contributed by atoms with Crippen LogP contribution in [0.1, 0.15) is 18.5 Å². The number of anilines is 1. The summed E-state index contributed by atoms with van der Waals surface area (Å²) in [6.45, 7) is 4.07. The number of carbonyl (C=O) groups is 1. The minimum absolute atomic E-state index is 0.0112. The fourth-order valence-corrected chi connectivity index (χ4v) is 2.22. The van der Waals surface area contributed by atoms with E-state index < -0.39 is 0 Å². The number of carbonyl (C=O) groups excluding carboxylic acids is 1. The Morgan fingerprint density at radius 2 is 2.33 bits per heavy atom. The van der Waals surface area contributed by atoms with Crippen LogP contribution in [0.4, 0.5) is 5.82 Å². The number of hydrogen-bond acceptors (Lipinski definition) is 4. The summed E-state index contributed by atoms with van der Waals surface area (Å²) in [4.78, 5) is 12.1. The molecule has 2 heterocycles. The molecule has 18 heavy (non-hydrogen) atoms. The van der Waals surface area contributed by atoms with Gasteiger partial charge >= 0.3 is 0 Å². The molecule has 6 nitrogen and oxygen atoms in total. The van der Waals surface area contributed by atoms with Crippen molar-refractivity contribution in [1.82, 2.24) is 15.1 Å². The summed E-state index contributed by atoms with van der Waals surface area (Å²) >= 11 is 0. The monoisotopic (exact) mass is 252 g/mol. The third-order valence-electron chi connectivity index (χ3n) is 3.18. The van der Waals surface area contributed by atoms with Gasteiger partial charge in [-0.1, -0.05) is 0 Å². The molecule has 1 saturated heterocycles. The molecule has 0 atom stereocenters. The van der Waals surface area contributed by atoms with Gasteiger partial charge in [-0.15, -0.1) is 0 Å². The van der Waals surface area contributed by atoms with Gasteiger partial charge in [0.05, 0.1) is 18.8 Å². The molecule has 1 amide bonds. The molecule has 1 aliphatic rings. The van der Waals surface area contributed by atoms with Gasteiger partial charge in [0.1, 0.15) is 5.82 Å². The summed E-state index contributed by atoms with van der Waals surface area (Å²) in [5.41, 5.74) is 0.837. The molecule has 100 valence electrons. The van der Waals surface area contributed by atoms with Crippen molar-refractivity contribution in [3.05, 3.63) is 11.8 Å². The number of aliphatic hydroxyl groups excluding tert-OH is 1. The summed E-state index contributed by atoms with van der Waals surface area (Å²) in [6.07, 6.45) is 1.75. The molecular weight excluding hydrogens is 232 g/mol. The Kier molecular flexibility index (Phi) is 4.33. The van der Waals surface area contributed by atoms with Gasteiger partial charge in [0, 0.05) is 12.0 Å². The first kappa shape index (κ1) is 13.0. The molecule has 0 bridgehead atoms. The van der Waals surface area contributed by atoms with E-state index in [1.54, 1.807) is 4.68 Å². The number of nitrogens with one attached hydrogen (secondary N) is 2. The van der Waals surface area contributed by atoms with Crippen molar-refractivity contribution >= 4 is 11.7 Å². The summed E-state index contributed by atoms with van der Waals surface area (Å²) in [5.74, 6) is 0.796. The first-order valence-electron chi connectivity index (χ1n) is 6.37. The van der Waals surface area contributed by atoms with Crippen molar-refractivity contribution in [3.8, 4) is 0 Å². The molecule has 0 saturated carbocycles. The van der Waals surface area contributed by atoms with Crippen LogP contribution in [0.5, 0.6) is 0 Å². The van der Waals surface area contributed by atoms with Gasteiger partial charge < -0.3 is 15.7 Å². The van der Waals surface area contributed by atoms with Gasteiger partial charge in [-0.3, -0.25) is 4.79 Å². The third-order valence-corrected chi connectivity index (χ3v) is 3.18. The Morgan fingerprint density at radius 1 is 1.61 bits per heavy atom. The maximum absolute atomic E-state index is 12.1. The topological polar surface area (TPSA) is 79.2 Å². The molecule has 0 radical (unpaired) electrons. The van der Waals surface area contributed by atoms with Gasteiger partial charge in [0.2, 0.25) is 5.91 Å². The second kappa shape index (κ2) is 5.97. The Labute approximate surface area is 106 Å². The van der Waals surface area contributed by atoms with Gasteiger partial charge in [-0.05, 0) is 32.9 Å². The number of aryl methyl sites for hydroxylation is 1. The van der Waals surface area contributed by atoms with Crippen LogP contribution >= 0.6 is 0 Å². The zero-order valence-electron chi connectivity index (χ0n) is 10.6. The highest BCUT2D eigenvalue weighted by molar-refractivity contribution is 5.91. The standard InChI is InChI=1S/C12H20N4O2/c1-9-8-11(16(15-9)6-7-17)14-12(18)10-2-4-13-5-3-10/h8,10,13,17H,2-7H2,1H3,(H,14,18). The second-order valence-corrected chi connectivity index (χ2v) is 4.63. The van der Waals surface area contributed by atoms with Gasteiger partial charge in [0.15, 0.2) is 0 Å². The van der Waals surface area contributed by atoms with E-state index in [9.17, 15) is 4.79 Å². The largest absolute Gasteiger partial charge is 0.394 e. The number of aliphatic hydroxyl groups is 1. The fourth-order valence-electron chi connectivity index (χ4n) is 2.22. The van der Waals surface area contributed by atoms with Crippen LogP contribution in [-0.2, 0) is 11.3 Å².